The lowest BCUT2D eigenvalue weighted by atomic mass is 9.95. The van der Waals surface area contributed by atoms with Gasteiger partial charge in [-0.05, 0) is 24.5 Å². The zero-order valence-electron chi connectivity index (χ0n) is 15.2. The monoisotopic (exact) mass is 363 g/mol. The first-order valence-electron chi connectivity index (χ1n) is 8.94. The van der Waals surface area contributed by atoms with Crippen molar-refractivity contribution in [3.8, 4) is 0 Å². The Balaban J connectivity index is 1.85. The molecule has 8 heteroatoms. The van der Waals surface area contributed by atoms with Gasteiger partial charge >= 0.3 is 0 Å². The highest BCUT2D eigenvalue weighted by Crippen LogP contribution is 2.33. The highest BCUT2D eigenvalue weighted by molar-refractivity contribution is 5.96. The molecule has 2 aliphatic rings. The van der Waals surface area contributed by atoms with Crippen molar-refractivity contribution in [2.45, 2.75) is 19.4 Å². The first-order chi connectivity index (χ1) is 12.5. The van der Waals surface area contributed by atoms with Crippen LogP contribution in [0.25, 0.3) is 0 Å². The number of nitro benzene ring substituents is 1. The first kappa shape index (κ1) is 18.6. The van der Waals surface area contributed by atoms with Crippen LogP contribution in [0.4, 0.5) is 11.4 Å². The first-order valence-corrected chi connectivity index (χ1v) is 8.94. The van der Waals surface area contributed by atoms with Gasteiger partial charge in [0.05, 0.1) is 24.2 Å². The van der Waals surface area contributed by atoms with E-state index in [0.29, 0.717) is 50.0 Å². The Hall–Kier alpha value is -2.19. The molecule has 2 fully saturated rings. The van der Waals surface area contributed by atoms with Crippen molar-refractivity contribution in [3.05, 3.63) is 33.9 Å². The number of hydrogen-bond donors (Lipinski definition) is 0. The number of amides is 1. The molecule has 2 saturated heterocycles. The fourth-order valence-electron chi connectivity index (χ4n) is 3.58. The summed E-state index contributed by atoms with van der Waals surface area (Å²) in [4.78, 5) is 27.5. The van der Waals surface area contributed by atoms with Crippen molar-refractivity contribution in [1.29, 1.82) is 0 Å². The number of benzene rings is 1. The molecule has 0 N–H and O–H groups in total. The minimum Gasteiger partial charge on any atom is -0.379 e. The standard InChI is InChI=1S/C18H25N3O5/c1-13-5-6-20(12-17(13)25-2)15-4-3-14(11-16(15)21(23)24)18(22)19-7-9-26-10-8-19/h3-4,11,13,17H,5-10,12H2,1-2H3. The predicted octanol–water partition coefficient (Wildman–Crippen LogP) is 1.93. The molecule has 0 bridgehead atoms. The third-order valence-corrected chi connectivity index (χ3v) is 5.25. The number of morpholine rings is 1. The van der Waals surface area contributed by atoms with Gasteiger partial charge in [-0.3, -0.25) is 14.9 Å². The number of nitrogens with zero attached hydrogens (tertiary/aromatic N) is 3. The molecule has 3 rings (SSSR count). The molecule has 2 heterocycles. The predicted molar refractivity (Wildman–Crippen MR) is 96.6 cm³/mol. The van der Waals surface area contributed by atoms with Crippen LogP contribution in [0.2, 0.25) is 0 Å². The number of methoxy groups -OCH3 is 1. The van der Waals surface area contributed by atoms with Crippen molar-refractivity contribution in [3.63, 3.8) is 0 Å². The Morgan fingerprint density at radius 2 is 2.04 bits per heavy atom. The van der Waals surface area contributed by atoms with Gasteiger partial charge in [-0.15, -0.1) is 0 Å². The Morgan fingerprint density at radius 1 is 1.31 bits per heavy atom. The summed E-state index contributed by atoms with van der Waals surface area (Å²) in [7, 11) is 1.67. The molecule has 2 aliphatic heterocycles. The van der Waals surface area contributed by atoms with Crippen molar-refractivity contribution in [2.24, 2.45) is 5.92 Å². The molecule has 26 heavy (non-hydrogen) atoms. The van der Waals surface area contributed by atoms with Gasteiger partial charge in [-0.1, -0.05) is 6.92 Å². The lowest BCUT2D eigenvalue weighted by molar-refractivity contribution is -0.384. The van der Waals surface area contributed by atoms with E-state index >= 15 is 0 Å². The van der Waals surface area contributed by atoms with Crippen LogP contribution in [0, 0.1) is 16.0 Å². The summed E-state index contributed by atoms with van der Waals surface area (Å²) < 4.78 is 10.8. The molecular formula is C18H25N3O5. The van der Waals surface area contributed by atoms with E-state index < -0.39 is 4.92 Å². The molecule has 0 aromatic heterocycles. The zero-order valence-corrected chi connectivity index (χ0v) is 15.2. The third-order valence-electron chi connectivity index (χ3n) is 5.25. The van der Waals surface area contributed by atoms with Crippen LogP contribution >= 0.6 is 0 Å². The lowest BCUT2D eigenvalue weighted by Gasteiger charge is -2.37. The van der Waals surface area contributed by atoms with Gasteiger partial charge in [0.25, 0.3) is 11.6 Å². The number of piperidine rings is 1. The molecular weight excluding hydrogens is 338 g/mol. The summed E-state index contributed by atoms with van der Waals surface area (Å²) in [5.41, 5.74) is 0.854. The molecule has 2 unspecified atom stereocenters. The average Bonchev–Trinajstić information content (AvgIpc) is 2.68. The Morgan fingerprint density at radius 3 is 2.69 bits per heavy atom. The van der Waals surface area contributed by atoms with E-state index in [1.165, 1.54) is 6.07 Å². The van der Waals surface area contributed by atoms with Crippen LogP contribution in [0.15, 0.2) is 18.2 Å². The highest BCUT2D eigenvalue weighted by Gasteiger charge is 2.30. The summed E-state index contributed by atoms with van der Waals surface area (Å²) in [5.74, 6) is 0.225. The minimum absolute atomic E-state index is 0.0338. The number of rotatable bonds is 4. The minimum atomic E-state index is -0.411. The van der Waals surface area contributed by atoms with Gasteiger partial charge in [-0.25, -0.2) is 0 Å². The van der Waals surface area contributed by atoms with Crippen LogP contribution in [0.5, 0.6) is 0 Å². The van der Waals surface area contributed by atoms with Crippen molar-refractivity contribution < 1.29 is 19.2 Å². The zero-order chi connectivity index (χ0) is 18.7. The van der Waals surface area contributed by atoms with Gasteiger partial charge in [0.2, 0.25) is 0 Å². The summed E-state index contributed by atoms with van der Waals surface area (Å²) in [6.07, 6.45) is 0.947. The van der Waals surface area contributed by atoms with Crippen LogP contribution in [0.1, 0.15) is 23.7 Å². The third kappa shape index (κ3) is 3.81. The maximum absolute atomic E-state index is 12.6. The Kier molecular flexibility index (Phi) is 5.73. The molecule has 0 radical (unpaired) electrons. The summed E-state index contributed by atoms with van der Waals surface area (Å²) in [6.45, 7) is 5.48. The largest absolute Gasteiger partial charge is 0.379 e. The van der Waals surface area contributed by atoms with Crippen molar-refractivity contribution in [1.82, 2.24) is 4.90 Å². The fraction of sp³-hybridized carbons (Fsp3) is 0.611. The molecule has 1 aromatic carbocycles. The molecule has 1 aromatic rings. The average molecular weight is 363 g/mol. The van der Waals surface area contributed by atoms with Gasteiger partial charge in [0.1, 0.15) is 5.69 Å². The molecule has 2 atom stereocenters. The van der Waals surface area contributed by atoms with Gasteiger partial charge in [-0.2, -0.15) is 0 Å². The van der Waals surface area contributed by atoms with E-state index in [0.717, 1.165) is 13.0 Å². The molecule has 0 saturated carbocycles. The van der Waals surface area contributed by atoms with E-state index in [-0.39, 0.29) is 17.7 Å². The maximum Gasteiger partial charge on any atom is 0.293 e. The number of nitro groups is 1. The molecule has 0 spiro atoms. The Labute approximate surface area is 152 Å². The van der Waals surface area contributed by atoms with Crippen LogP contribution in [-0.4, -0.2) is 68.3 Å². The highest BCUT2D eigenvalue weighted by atomic mass is 16.6. The van der Waals surface area contributed by atoms with E-state index in [1.54, 1.807) is 24.1 Å². The van der Waals surface area contributed by atoms with Crippen molar-refractivity contribution >= 4 is 17.3 Å². The second kappa shape index (κ2) is 8.01. The second-order valence-corrected chi connectivity index (χ2v) is 6.85. The van der Waals surface area contributed by atoms with Crippen LogP contribution in [-0.2, 0) is 9.47 Å². The van der Waals surface area contributed by atoms with E-state index in [4.69, 9.17) is 9.47 Å². The summed E-state index contributed by atoms with van der Waals surface area (Å²) in [5, 5.41) is 11.6. The maximum atomic E-state index is 12.6. The normalized spacial score (nSPS) is 23.8. The van der Waals surface area contributed by atoms with Crippen LogP contribution < -0.4 is 4.90 Å². The Bertz CT molecular complexity index is 675. The SMILES string of the molecule is COC1CN(c2ccc(C(=O)N3CCOCC3)cc2[N+](=O)[O-])CCC1C. The molecule has 142 valence electrons. The number of ether oxygens (including phenoxy) is 2. The van der Waals surface area contributed by atoms with E-state index in [2.05, 4.69) is 6.92 Å². The van der Waals surface area contributed by atoms with E-state index in [9.17, 15) is 14.9 Å². The number of hydrogen-bond acceptors (Lipinski definition) is 6. The smallest absolute Gasteiger partial charge is 0.293 e. The summed E-state index contributed by atoms with van der Waals surface area (Å²) >= 11 is 0. The molecule has 8 nitrogen and oxygen atoms in total. The topological polar surface area (TPSA) is 85.2 Å². The molecule has 0 aliphatic carbocycles. The lowest BCUT2D eigenvalue weighted by Crippen LogP contribution is -2.44. The van der Waals surface area contributed by atoms with E-state index in [1.807, 2.05) is 4.90 Å². The van der Waals surface area contributed by atoms with Gasteiger partial charge < -0.3 is 19.3 Å². The summed E-state index contributed by atoms with van der Waals surface area (Å²) in [6, 6.07) is 4.77. The number of carbonyl (C=O) groups is 1. The van der Waals surface area contributed by atoms with Gasteiger partial charge in [0, 0.05) is 44.9 Å². The number of anilines is 1. The quantitative estimate of drug-likeness (QED) is 0.600. The fourth-order valence-corrected chi connectivity index (χ4v) is 3.58. The molecule has 1 amide bonds. The van der Waals surface area contributed by atoms with Crippen LogP contribution in [0.3, 0.4) is 0 Å². The van der Waals surface area contributed by atoms with Crippen molar-refractivity contribution in [2.75, 3.05) is 51.4 Å². The second-order valence-electron chi connectivity index (χ2n) is 6.85. The van der Waals surface area contributed by atoms with Gasteiger partial charge in [0.15, 0.2) is 0 Å². The number of carbonyl (C=O) groups excluding carboxylic acids is 1.